The first-order chi connectivity index (χ1) is 7.15. The maximum atomic E-state index is 11.4. The number of aliphatic hydroxyl groups excluding tert-OH is 1. The Kier molecular flexibility index (Phi) is 2.28. The molecule has 1 unspecified atom stereocenters. The molecule has 4 heteroatoms. The van der Waals surface area contributed by atoms with E-state index in [0.717, 1.165) is 5.56 Å². The summed E-state index contributed by atoms with van der Waals surface area (Å²) in [5, 5.41) is 9.05. The highest BCUT2D eigenvalue weighted by Crippen LogP contribution is 2.22. The lowest BCUT2D eigenvalue weighted by Gasteiger charge is -2.10. The van der Waals surface area contributed by atoms with Crippen LogP contribution in [0.5, 0.6) is 0 Å². The van der Waals surface area contributed by atoms with Gasteiger partial charge < -0.3 is 9.84 Å². The van der Waals surface area contributed by atoms with Gasteiger partial charge in [-0.25, -0.2) is 9.79 Å². The fourth-order valence-corrected chi connectivity index (χ4v) is 1.29. The number of aliphatic hydroxyl groups is 1. The Labute approximate surface area is 87.2 Å². The molecular formula is C11H11NO3. The Morgan fingerprint density at radius 2 is 2.07 bits per heavy atom. The quantitative estimate of drug-likeness (QED) is 0.724. The predicted octanol–water partition coefficient (Wildman–Crippen LogP) is 0.741. The molecule has 1 aromatic carbocycles. The predicted molar refractivity (Wildman–Crippen MR) is 54.6 cm³/mol. The fraction of sp³-hybridized carbons (Fsp3) is 0.273. The highest BCUT2D eigenvalue weighted by molar-refractivity contribution is 6.07. The molecule has 4 nitrogen and oxygen atoms in total. The zero-order valence-corrected chi connectivity index (χ0v) is 8.30. The van der Waals surface area contributed by atoms with Gasteiger partial charge in [0.1, 0.15) is 0 Å². The molecule has 1 aromatic rings. The Hall–Kier alpha value is -1.68. The number of hydrogen-bond donors (Lipinski definition) is 1. The van der Waals surface area contributed by atoms with Gasteiger partial charge in [-0.3, -0.25) is 0 Å². The van der Waals surface area contributed by atoms with Crippen molar-refractivity contribution in [1.29, 1.82) is 0 Å². The molecule has 0 spiro atoms. The maximum absolute atomic E-state index is 11.4. The summed E-state index contributed by atoms with van der Waals surface area (Å²) in [6, 6.07) is 9.14. The van der Waals surface area contributed by atoms with E-state index in [0.29, 0.717) is 0 Å². The number of carbonyl (C=O) groups excluding carboxylic acids is 1. The first-order valence-corrected chi connectivity index (χ1v) is 4.64. The van der Waals surface area contributed by atoms with Gasteiger partial charge in [0.2, 0.25) is 5.90 Å². The molecule has 0 saturated heterocycles. The van der Waals surface area contributed by atoms with Gasteiger partial charge in [-0.15, -0.1) is 0 Å². The zero-order valence-electron chi connectivity index (χ0n) is 8.30. The second-order valence-electron chi connectivity index (χ2n) is 3.60. The summed E-state index contributed by atoms with van der Waals surface area (Å²) in [4.78, 5) is 15.5. The second-order valence-corrected chi connectivity index (χ2v) is 3.60. The van der Waals surface area contributed by atoms with Crippen molar-refractivity contribution in [2.24, 2.45) is 4.99 Å². The number of rotatable bonds is 2. The van der Waals surface area contributed by atoms with E-state index < -0.39 is 11.5 Å². The zero-order chi connectivity index (χ0) is 10.9. The van der Waals surface area contributed by atoms with Crippen LogP contribution in [0.4, 0.5) is 0 Å². The number of esters is 1. The summed E-state index contributed by atoms with van der Waals surface area (Å²) in [7, 11) is 0. The van der Waals surface area contributed by atoms with Gasteiger partial charge in [-0.05, 0) is 19.1 Å². The Bertz CT molecular complexity index is 413. The van der Waals surface area contributed by atoms with Crippen molar-refractivity contribution in [1.82, 2.24) is 0 Å². The van der Waals surface area contributed by atoms with E-state index in [9.17, 15) is 4.79 Å². The average molecular weight is 205 g/mol. The van der Waals surface area contributed by atoms with Crippen molar-refractivity contribution in [3.05, 3.63) is 35.9 Å². The van der Waals surface area contributed by atoms with Gasteiger partial charge in [0.15, 0.2) is 5.54 Å². The van der Waals surface area contributed by atoms with E-state index in [4.69, 9.17) is 9.84 Å². The fourth-order valence-electron chi connectivity index (χ4n) is 1.29. The van der Waals surface area contributed by atoms with Crippen LogP contribution in [0.3, 0.4) is 0 Å². The molecule has 1 N–H and O–H groups in total. The van der Waals surface area contributed by atoms with Crippen LogP contribution in [0.2, 0.25) is 0 Å². The molecular weight excluding hydrogens is 194 g/mol. The first kappa shape index (κ1) is 9.86. The lowest BCUT2D eigenvalue weighted by Crippen LogP contribution is -2.33. The van der Waals surface area contributed by atoms with E-state index in [-0.39, 0.29) is 12.5 Å². The molecule has 0 bridgehead atoms. The summed E-state index contributed by atoms with van der Waals surface area (Å²) < 4.78 is 5.00. The Morgan fingerprint density at radius 3 is 2.60 bits per heavy atom. The number of benzene rings is 1. The summed E-state index contributed by atoms with van der Waals surface area (Å²) >= 11 is 0. The third-order valence-corrected chi connectivity index (χ3v) is 2.31. The standard InChI is InChI=1S/C11H11NO3/c1-11(7-13)10(14)15-9(12-11)8-5-3-2-4-6-8/h2-6,13H,7H2,1H3. The SMILES string of the molecule is CC1(CO)N=C(c2ccccc2)OC1=O. The van der Waals surface area contributed by atoms with Crippen molar-refractivity contribution in [2.45, 2.75) is 12.5 Å². The molecule has 1 aliphatic rings. The lowest BCUT2D eigenvalue weighted by molar-refractivity contribution is -0.139. The molecule has 0 aliphatic carbocycles. The molecule has 1 heterocycles. The second kappa shape index (κ2) is 3.47. The molecule has 0 saturated carbocycles. The van der Waals surface area contributed by atoms with Gasteiger partial charge >= 0.3 is 5.97 Å². The van der Waals surface area contributed by atoms with Crippen molar-refractivity contribution in [2.75, 3.05) is 6.61 Å². The monoisotopic (exact) mass is 205 g/mol. The van der Waals surface area contributed by atoms with E-state index in [2.05, 4.69) is 4.99 Å². The third-order valence-electron chi connectivity index (χ3n) is 2.31. The topological polar surface area (TPSA) is 58.9 Å². The van der Waals surface area contributed by atoms with Crippen molar-refractivity contribution in [3.8, 4) is 0 Å². The Morgan fingerprint density at radius 1 is 1.40 bits per heavy atom. The number of aliphatic imine (C=N–C) groups is 1. The van der Waals surface area contributed by atoms with Gasteiger partial charge in [0.05, 0.1) is 6.61 Å². The van der Waals surface area contributed by atoms with Gasteiger partial charge in [0.25, 0.3) is 0 Å². The molecule has 15 heavy (non-hydrogen) atoms. The summed E-state index contributed by atoms with van der Waals surface area (Å²) in [5.41, 5.74) is -0.409. The minimum Gasteiger partial charge on any atom is -0.405 e. The molecule has 0 radical (unpaired) electrons. The van der Waals surface area contributed by atoms with Crippen LogP contribution in [-0.2, 0) is 9.53 Å². The Balaban J connectivity index is 2.35. The van der Waals surface area contributed by atoms with Crippen molar-refractivity contribution < 1.29 is 14.6 Å². The van der Waals surface area contributed by atoms with Crippen LogP contribution < -0.4 is 0 Å². The molecule has 1 atom stereocenters. The molecule has 1 aliphatic heterocycles. The molecule has 2 rings (SSSR count). The first-order valence-electron chi connectivity index (χ1n) is 4.64. The number of nitrogens with zero attached hydrogens (tertiary/aromatic N) is 1. The molecule has 0 amide bonds. The van der Waals surface area contributed by atoms with Crippen molar-refractivity contribution >= 4 is 11.9 Å². The average Bonchev–Trinajstić information content (AvgIpc) is 2.58. The van der Waals surface area contributed by atoms with E-state index in [1.54, 1.807) is 19.1 Å². The van der Waals surface area contributed by atoms with E-state index in [1.165, 1.54) is 0 Å². The smallest absolute Gasteiger partial charge is 0.343 e. The van der Waals surface area contributed by atoms with Gasteiger partial charge in [-0.1, -0.05) is 18.2 Å². The molecule has 0 fully saturated rings. The highest BCUT2D eigenvalue weighted by Gasteiger charge is 2.41. The number of ether oxygens (including phenoxy) is 1. The minimum absolute atomic E-state index is 0.275. The van der Waals surface area contributed by atoms with Gasteiger partial charge in [0, 0.05) is 5.56 Å². The van der Waals surface area contributed by atoms with E-state index >= 15 is 0 Å². The van der Waals surface area contributed by atoms with Crippen LogP contribution in [0.1, 0.15) is 12.5 Å². The summed E-state index contributed by atoms with van der Waals surface area (Å²) in [6.45, 7) is 1.20. The summed E-state index contributed by atoms with van der Waals surface area (Å²) in [6.07, 6.45) is 0. The van der Waals surface area contributed by atoms with Crippen LogP contribution in [0, 0.1) is 0 Å². The normalized spacial score (nSPS) is 24.9. The number of cyclic esters (lactones) is 1. The van der Waals surface area contributed by atoms with Crippen LogP contribution >= 0.6 is 0 Å². The minimum atomic E-state index is -1.15. The van der Waals surface area contributed by atoms with Gasteiger partial charge in [-0.2, -0.15) is 0 Å². The summed E-state index contributed by atoms with van der Waals surface area (Å²) in [5.74, 6) is -0.235. The van der Waals surface area contributed by atoms with Crippen LogP contribution in [0.15, 0.2) is 35.3 Å². The third kappa shape index (κ3) is 1.64. The molecule has 78 valence electrons. The van der Waals surface area contributed by atoms with Crippen LogP contribution in [-0.4, -0.2) is 29.1 Å². The van der Waals surface area contributed by atoms with Crippen molar-refractivity contribution in [3.63, 3.8) is 0 Å². The number of carbonyl (C=O) groups is 1. The largest absolute Gasteiger partial charge is 0.405 e. The highest BCUT2D eigenvalue weighted by atomic mass is 16.6. The lowest BCUT2D eigenvalue weighted by atomic mass is 10.1. The van der Waals surface area contributed by atoms with Crippen LogP contribution in [0.25, 0.3) is 0 Å². The number of hydrogen-bond acceptors (Lipinski definition) is 4. The molecule has 0 aromatic heterocycles. The maximum Gasteiger partial charge on any atom is 0.343 e. The van der Waals surface area contributed by atoms with E-state index in [1.807, 2.05) is 18.2 Å².